The van der Waals surface area contributed by atoms with Gasteiger partial charge >= 0.3 is 0 Å². The minimum Gasteiger partial charge on any atom is -0.504 e. The summed E-state index contributed by atoms with van der Waals surface area (Å²) < 4.78 is 22.4. The first-order chi connectivity index (χ1) is 16.2. The molecule has 0 radical (unpaired) electrons. The summed E-state index contributed by atoms with van der Waals surface area (Å²) in [7, 11) is 3.28. The molecule has 3 aromatic carbocycles. The van der Waals surface area contributed by atoms with E-state index in [1.165, 1.54) is 11.1 Å². The van der Waals surface area contributed by atoms with Crippen molar-refractivity contribution in [3.63, 3.8) is 0 Å². The van der Waals surface area contributed by atoms with Crippen LogP contribution in [0.2, 0.25) is 0 Å². The molecule has 33 heavy (non-hydrogen) atoms. The summed E-state index contributed by atoms with van der Waals surface area (Å²) in [5, 5.41) is 10.2. The normalized spacial score (nSPS) is 15.0. The highest BCUT2D eigenvalue weighted by Gasteiger charge is 2.22. The predicted octanol–water partition coefficient (Wildman–Crippen LogP) is 5.35. The van der Waals surface area contributed by atoms with Gasteiger partial charge < -0.3 is 24.1 Å². The third-order valence-electron chi connectivity index (χ3n) is 5.91. The lowest BCUT2D eigenvalue weighted by atomic mass is 9.90. The van der Waals surface area contributed by atoms with Crippen molar-refractivity contribution in [1.82, 2.24) is 0 Å². The van der Waals surface area contributed by atoms with E-state index in [9.17, 15) is 5.11 Å². The van der Waals surface area contributed by atoms with E-state index in [0.29, 0.717) is 19.0 Å². The first kappa shape index (κ1) is 22.6. The summed E-state index contributed by atoms with van der Waals surface area (Å²) in [6, 6.07) is 21.8. The quantitative estimate of drug-likeness (QED) is 0.455. The lowest BCUT2D eigenvalue weighted by molar-refractivity contribution is 0.247. The molecule has 172 valence electrons. The molecular formula is C28H30O5. The molecule has 5 nitrogen and oxygen atoms in total. The molecule has 1 aliphatic rings. The van der Waals surface area contributed by atoms with Crippen molar-refractivity contribution in [2.24, 2.45) is 5.92 Å². The summed E-state index contributed by atoms with van der Waals surface area (Å²) in [5.74, 6) is 2.39. The monoisotopic (exact) mass is 446 g/mol. The van der Waals surface area contributed by atoms with E-state index >= 15 is 0 Å². The first-order valence-electron chi connectivity index (χ1n) is 11.2. The van der Waals surface area contributed by atoms with Crippen LogP contribution in [0.25, 0.3) is 0 Å². The lowest BCUT2D eigenvalue weighted by Crippen LogP contribution is -2.10. The van der Waals surface area contributed by atoms with Crippen molar-refractivity contribution in [3.05, 3.63) is 95.3 Å². The number of aromatic hydroxyl groups is 1. The number of hydrogen-bond acceptors (Lipinski definition) is 5. The average Bonchev–Trinajstić information content (AvgIpc) is 3.28. The number of rotatable bonds is 10. The number of benzene rings is 3. The maximum absolute atomic E-state index is 10.2. The van der Waals surface area contributed by atoms with Gasteiger partial charge in [-0.1, -0.05) is 42.5 Å². The van der Waals surface area contributed by atoms with Crippen molar-refractivity contribution < 1.29 is 24.1 Å². The second-order valence-electron chi connectivity index (χ2n) is 8.18. The smallest absolute Gasteiger partial charge is 0.161 e. The molecule has 0 bridgehead atoms. The minimum atomic E-state index is 0.163. The average molecular weight is 447 g/mol. The maximum Gasteiger partial charge on any atom is 0.161 e. The van der Waals surface area contributed by atoms with Crippen molar-refractivity contribution >= 4 is 0 Å². The van der Waals surface area contributed by atoms with Crippen molar-refractivity contribution in [2.45, 2.75) is 19.3 Å². The molecule has 0 amide bonds. The molecular weight excluding hydrogens is 416 g/mol. The first-order valence-corrected chi connectivity index (χ1v) is 11.2. The van der Waals surface area contributed by atoms with E-state index in [-0.39, 0.29) is 11.7 Å². The zero-order chi connectivity index (χ0) is 23.0. The maximum atomic E-state index is 10.2. The molecule has 0 spiro atoms. The summed E-state index contributed by atoms with van der Waals surface area (Å²) in [6.07, 6.45) is 4.26. The number of phenolic OH excluding ortho intramolecular Hbond substituents is 1. The third-order valence-corrected chi connectivity index (χ3v) is 5.91. The van der Waals surface area contributed by atoms with Crippen molar-refractivity contribution in [2.75, 3.05) is 27.4 Å². The molecule has 0 saturated carbocycles. The third kappa shape index (κ3) is 5.80. The molecule has 0 aliphatic carbocycles. The van der Waals surface area contributed by atoms with E-state index in [1.807, 2.05) is 48.7 Å². The topological polar surface area (TPSA) is 57.2 Å². The van der Waals surface area contributed by atoms with Gasteiger partial charge in [0.1, 0.15) is 0 Å². The summed E-state index contributed by atoms with van der Waals surface area (Å²) >= 11 is 0. The zero-order valence-electron chi connectivity index (χ0n) is 19.1. The van der Waals surface area contributed by atoms with Gasteiger partial charge in [-0.2, -0.15) is 0 Å². The Hall–Kier alpha value is -3.60. The Morgan fingerprint density at radius 3 is 2.39 bits per heavy atom. The Bertz CT molecular complexity index is 1090. The predicted molar refractivity (Wildman–Crippen MR) is 128 cm³/mol. The molecule has 0 unspecified atom stereocenters. The van der Waals surface area contributed by atoms with Crippen LogP contribution in [0.5, 0.6) is 23.0 Å². The molecule has 1 heterocycles. The molecule has 0 aromatic heterocycles. The molecule has 1 atom stereocenters. The van der Waals surface area contributed by atoms with Crippen LogP contribution in [0.4, 0.5) is 0 Å². The SMILES string of the molecule is COc1ccc(CC2=COC[C@@H]2Cc2ccc(O)c(OCCc3ccccc3)c2)cc1OC. The molecule has 0 fully saturated rings. The molecule has 1 aliphatic heterocycles. The van der Waals surface area contributed by atoms with Gasteiger partial charge in [0, 0.05) is 12.3 Å². The standard InChI is InChI=1S/C28H30O5/c1-30-26-11-9-22(17-28(26)31-2)15-24-19-32-18-23(24)14-21-8-10-25(29)27(16-21)33-13-12-20-6-4-3-5-7-20/h3-11,16-17,19,23,29H,12-15,18H2,1-2H3/t23-/m0/s1. The van der Waals surface area contributed by atoms with Crippen LogP contribution in [-0.4, -0.2) is 32.5 Å². The zero-order valence-corrected chi connectivity index (χ0v) is 19.1. The number of ether oxygens (including phenoxy) is 4. The van der Waals surface area contributed by atoms with Crippen LogP contribution in [0, 0.1) is 5.92 Å². The van der Waals surface area contributed by atoms with E-state index in [2.05, 4.69) is 18.2 Å². The Morgan fingerprint density at radius 2 is 1.61 bits per heavy atom. The van der Waals surface area contributed by atoms with Gasteiger partial charge in [-0.15, -0.1) is 0 Å². The van der Waals surface area contributed by atoms with Crippen LogP contribution in [0.15, 0.2) is 78.6 Å². The Balaban J connectivity index is 1.39. The number of hydrogen-bond donors (Lipinski definition) is 1. The minimum absolute atomic E-state index is 0.163. The van der Waals surface area contributed by atoms with E-state index in [1.54, 1.807) is 20.3 Å². The highest BCUT2D eigenvalue weighted by molar-refractivity contribution is 5.45. The van der Waals surface area contributed by atoms with Crippen molar-refractivity contribution in [1.29, 1.82) is 0 Å². The van der Waals surface area contributed by atoms with Crippen LogP contribution in [0.1, 0.15) is 16.7 Å². The molecule has 0 saturated heterocycles. The Morgan fingerprint density at radius 1 is 0.848 bits per heavy atom. The van der Waals surface area contributed by atoms with Gasteiger partial charge in [-0.05, 0) is 59.4 Å². The highest BCUT2D eigenvalue weighted by atomic mass is 16.5. The molecule has 3 aromatic rings. The largest absolute Gasteiger partial charge is 0.504 e. The van der Waals surface area contributed by atoms with Crippen LogP contribution in [-0.2, 0) is 24.0 Å². The molecule has 4 rings (SSSR count). The lowest BCUT2D eigenvalue weighted by Gasteiger charge is -2.16. The Kier molecular flexibility index (Phi) is 7.40. The van der Waals surface area contributed by atoms with Crippen LogP contribution >= 0.6 is 0 Å². The summed E-state index contributed by atoms with van der Waals surface area (Å²) in [6.45, 7) is 1.16. The van der Waals surface area contributed by atoms with Gasteiger partial charge in [0.15, 0.2) is 23.0 Å². The molecule has 1 N–H and O–H groups in total. The van der Waals surface area contributed by atoms with E-state index in [0.717, 1.165) is 41.9 Å². The van der Waals surface area contributed by atoms with Crippen LogP contribution < -0.4 is 14.2 Å². The van der Waals surface area contributed by atoms with Gasteiger partial charge in [0.2, 0.25) is 0 Å². The Labute approximate surface area is 195 Å². The second-order valence-corrected chi connectivity index (χ2v) is 8.18. The summed E-state index contributed by atoms with van der Waals surface area (Å²) in [4.78, 5) is 0. The molecule has 5 heteroatoms. The fourth-order valence-corrected chi connectivity index (χ4v) is 4.09. The van der Waals surface area contributed by atoms with Gasteiger partial charge in [0.05, 0.1) is 33.7 Å². The second kappa shape index (κ2) is 10.8. The number of methoxy groups -OCH3 is 2. The van der Waals surface area contributed by atoms with E-state index in [4.69, 9.17) is 18.9 Å². The fraction of sp³-hybridized carbons (Fsp3) is 0.286. The summed E-state index contributed by atoms with van der Waals surface area (Å²) in [5.41, 5.74) is 4.70. The fourth-order valence-electron chi connectivity index (χ4n) is 4.09. The van der Waals surface area contributed by atoms with Gasteiger partial charge in [-0.3, -0.25) is 0 Å². The van der Waals surface area contributed by atoms with Crippen LogP contribution in [0.3, 0.4) is 0 Å². The highest BCUT2D eigenvalue weighted by Crippen LogP contribution is 2.33. The van der Waals surface area contributed by atoms with Crippen molar-refractivity contribution in [3.8, 4) is 23.0 Å². The number of phenols is 1. The van der Waals surface area contributed by atoms with E-state index < -0.39 is 0 Å². The van der Waals surface area contributed by atoms with Gasteiger partial charge in [0.25, 0.3) is 0 Å². The van der Waals surface area contributed by atoms with Gasteiger partial charge in [-0.25, -0.2) is 0 Å².